The summed E-state index contributed by atoms with van der Waals surface area (Å²) >= 11 is 0. The van der Waals surface area contributed by atoms with Crippen LogP contribution in [0.15, 0.2) is 28.7 Å². The fourth-order valence-corrected chi connectivity index (χ4v) is 3.56. The van der Waals surface area contributed by atoms with Crippen LogP contribution in [-0.2, 0) is 9.47 Å². The van der Waals surface area contributed by atoms with Gasteiger partial charge in [-0.05, 0) is 38.3 Å². The Labute approximate surface area is 123 Å². The minimum absolute atomic E-state index is 0.187. The quantitative estimate of drug-likeness (QED) is 0.937. The molecule has 112 valence electrons. The molecule has 2 heterocycles. The summed E-state index contributed by atoms with van der Waals surface area (Å²) in [6.07, 6.45) is 3.25. The van der Waals surface area contributed by atoms with E-state index >= 15 is 0 Å². The van der Waals surface area contributed by atoms with Crippen molar-refractivity contribution in [2.75, 3.05) is 18.5 Å². The van der Waals surface area contributed by atoms with Crippen molar-refractivity contribution in [1.82, 2.24) is 4.98 Å². The molecule has 1 spiro atoms. The van der Waals surface area contributed by atoms with Gasteiger partial charge in [-0.25, -0.2) is 0 Å². The number of oxazole rings is 1. The second-order valence-electron chi connectivity index (χ2n) is 5.77. The molecule has 4 rings (SSSR count). The van der Waals surface area contributed by atoms with Gasteiger partial charge in [-0.1, -0.05) is 12.1 Å². The molecule has 0 amide bonds. The molecule has 1 aromatic carbocycles. The van der Waals surface area contributed by atoms with Crippen molar-refractivity contribution in [3.8, 4) is 0 Å². The number of ether oxygens (including phenoxy) is 2. The lowest BCUT2D eigenvalue weighted by molar-refractivity contribution is -0.184. The number of benzene rings is 1. The molecule has 1 saturated carbocycles. The van der Waals surface area contributed by atoms with Crippen molar-refractivity contribution in [3.05, 3.63) is 24.3 Å². The SMILES string of the molecule is CCO[C@@H]1C[C@H](Nc2nc3ccccc3o2)[C@]12CCCO2. The number of rotatable bonds is 4. The van der Waals surface area contributed by atoms with Crippen LogP contribution >= 0.6 is 0 Å². The van der Waals surface area contributed by atoms with Crippen LogP contribution in [0.4, 0.5) is 6.01 Å². The second kappa shape index (κ2) is 5.00. The number of para-hydroxylation sites is 2. The van der Waals surface area contributed by atoms with Gasteiger partial charge in [-0.2, -0.15) is 4.98 Å². The summed E-state index contributed by atoms with van der Waals surface area (Å²) in [5.74, 6) is 0. The third kappa shape index (κ3) is 2.03. The fraction of sp³-hybridized carbons (Fsp3) is 0.562. The number of anilines is 1. The number of aromatic nitrogens is 1. The highest BCUT2D eigenvalue weighted by Gasteiger charge is 2.59. The van der Waals surface area contributed by atoms with Gasteiger partial charge in [0, 0.05) is 13.2 Å². The lowest BCUT2D eigenvalue weighted by Gasteiger charge is -2.52. The Bertz CT molecular complexity index is 600. The van der Waals surface area contributed by atoms with Gasteiger partial charge in [0.25, 0.3) is 6.01 Å². The second-order valence-corrected chi connectivity index (χ2v) is 5.77. The predicted molar refractivity (Wildman–Crippen MR) is 79.4 cm³/mol. The molecule has 0 bridgehead atoms. The van der Waals surface area contributed by atoms with E-state index in [0.717, 1.165) is 43.6 Å². The van der Waals surface area contributed by atoms with Gasteiger partial charge < -0.3 is 19.2 Å². The summed E-state index contributed by atoms with van der Waals surface area (Å²) < 4.78 is 17.6. The maximum atomic E-state index is 6.04. The average molecular weight is 288 g/mol. The van der Waals surface area contributed by atoms with Crippen LogP contribution in [-0.4, -0.2) is 35.9 Å². The topological polar surface area (TPSA) is 56.5 Å². The highest BCUT2D eigenvalue weighted by Crippen LogP contribution is 2.47. The van der Waals surface area contributed by atoms with E-state index in [4.69, 9.17) is 13.9 Å². The van der Waals surface area contributed by atoms with Crippen molar-refractivity contribution in [2.24, 2.45) is 0 Å². The van der Waals surface area contributed by atoms with Crippen LogP contribution in [0.3, 0.4) is 0 Å². The monoisotopic (exact) mass is 288 g/mol. The van der Waals surface area contributed by atoms with Gasteiger partial charge >= 0.3 is 0 Å². The van der Waals surface area contributed by atoms with Crippen molar-refractivity contribution in [1.29, 1.82) is 0 Å². The Kier molecular flexibility index (Phi) is 3.12. The zero-order valence-electron chi connectivity index (χ0n) is 12.2. The highest BCUT2D eigenvalue weighted by atomic mass is 16.6. The Balaban J connectivity index is 1.54. The fourth-order valence-electron chi connectivity index (χ4n) is 3.56. The predicted octanol–water partition coefficient (Wildman–Crippen LogP) is 2.97. The molecule has 0 radical (unpaired) electrons. The minimum atomic E-state index is -0.198. The van der Waals surface area contributed by atoms with E-state index < -0.39 is 0 Å². The molecule has 1 aliphatic carbocycles. The molecule has 2 aliphatic rings. The maximum Gasteiger partial charge on any atom is 0.296 e. The summed E-state index contributed by atoms with van der Waals surface area (Å²) in [7, 11) is 0. The number of hydrogen-bond donors (Lipinski definition) is 1. The molecule has 5 heteroatoms. The van der Waals surface area contributed by atoms with E-state index in [-0.39, 0.29) is 17.7 Å². The molecule has 2 fully saturated rings. The number of nitrogens with zero attached hydrogens (tertiary/aromatic N) is 1. The van der Waals surface area contributed by atoms with Gasteiger partial charge in [0.15, 0.2) is 5.58 Å². The standard InChI is InChI=1S/C16H20N2O3/c1-2-19-14-10-13(16(14)8-5-9-20-16)18-15-17-11-6-3-4-7-12(11)21-15/h3-4,6-7,13-14H,2,5,8-10H2,1H3,(H,17,18)/t13-,14+,16+/m0/s1. The lowest BCUT2D eigenvalue weighted by Crippen LogP contribution is -2.66. The van der Waals surface area contributed by atoms with Crippen LogP contribution in [0.25, 0.3) is 11.1 Å². The average Bonchev–Trinajstić information content (AvgIpc) is 3.14. The van der Waals surface area contributed by atoms with Crippen LogP contribution in [0.1, 0.15) is 26.2 Å². The molecule has 1 aliphatic heterocycles. The van der Waals surface area contributed by atoms with E-state index in [9.17, 15) is 0 Å². The molecule has 1 saturated heterocycles. The molecule has 1 aromatic heterocycles. The summed E-state index contributed by atoms with van der Waals surface area (Å²) in [5, 5.41) is 3.41. The van der Waals surface area contributed by atoms with Crippen molar-refractivity contribution in [2.45, 2.75) is 43.9 Å². The van der Waals surface area contributed by atoms with Crippen LogP contribution < -0.4 is 5.32 Å². The van der Waals surface area contributed by atoms with E-state index in [1.807, 2.05) is 31.2 Å². The molecule has 5 nitrogen and oxygen atoms in total. The van der Waals surface area contributed by atoms with Crippen LogP contribution in [0, 0.1) is 0 Å². The Morgan fingerprint density at radius 3 is 3.10 bits per heavy atom. The molecule has 1 N–H and O–H groups in total. The van der Waals surface area contributed by atoms with Crippen molar-refractivity contribution < 1.29 is 13.9 Å². The molecule has 3 atom stereocenters. The molecule has 21 heavy (non-hydrogen) atoms. The van der Waals surface area contributed by atoms with Gasteiger partial charge in [0.1, 0.15) is 11.1 Å². The lowest BCUT2D eigenvalue weighted by atomic mass is 9.70. The Hall–Kier alpha value is -1.59. The number of nitrogens with one attached hydrogen (secondary N) is 1. The number of hydrogen-bond acceptors (Lipinski definition) is 5. The van der Waals surface area contributed by atoms with Crippen LogP contribution in [0.2, 0.25) is 0 Å². The third-order valence-corrected chi connectivity index (χ3v) is 4.63. The van der Waals surface area contributed by atoms with E-state index in [1.54, 1.807) is 0 Å². The number of fused-ring (bicyclic) bond motifs is 1. The first-order valence-corrected chi connectivity index (χ1v) is 7.69. The maximum absolute atomic E-state index is 6.04. The Morgan fingerprint density at radius 1 is 1.43 bits per heavy atom. The molecule has 2 aromatic rings. The highest BCUT2D eigenvalue weighted by molar-refractivity contribution is 5.74. The first kappa shape index (κ1) is 13.1. The summed E-state index contributed by atoms with van der Waals surface area (Å²) in [6, 6.07) is 8.59. The van der Waals surface area contributed by atoms with E-state index in [2.05, 4.69) is 10.3 Å². The van der Waals surface area contributed by atoms with E-state index in [1.165, 1.54) is 0 Å². The summed E-state index contributed by atoms with van der Waals surface area (Å²) in [5.41, 5.74) is 1.49. The van der Waals surface area contributed by atoms with Gasteiger partial charge in [0.2, 0.25) is 0 Å². The largest absolute Gasteiger partial charge is 0.424 e. The van der Waals surface area contributed by atoms with Gasteiger partial charge in [-0.15, -0.1) is 0 Å². The first-order valence-electron chi connectivity index (χ1n) is 7.69. The van der Waals surface area contributed by atoms with Gasteiger partial charge in [0.05, 0.1) is 12.1 Å². The summed E-state index contributed by atoms with van der Waals surface area (Å²) in [4.78, 5) is 4.49. The first-order chi connectivity index (χ1) is 10.3. The Morgan fingerprint density at radius 2 is 2.33 bits per heavy atom. The van der Waals surface area contributed by atoms with Gasteiger partial charge in [-0.3, -0.25) is 0 Å². The summed E-state index contributed by atoms with van der Waals surface area (Å²) in [6.45, 7) is 3.57. The zero-order chi connectivity index (χ0) is 14.3. The zero-order valence-corrected chi connectivity index (χ0v) is 12.2. The minimum Gasteiger partial charge on any atom is -0.424 e. The molecular formula is C16H20N2O3. The molecule has 0 unspecified atom stereocenters. The van der Waals surface area contributed by atoms with Crippen molar-refractivity contribution in [3.63, 3.8) is 0 Å². The third-order valence-electron chi connectivity index (χ3n) is 4.63. The van der Waals surface area contributed by atoms with E-state index in [0.29, 0.717) is 6.01 Å². The smallest absolute Gasteiger partial charge is 0.296 e. The van der Waals surface area contributed by atoms with Crippen LogP contribution in [0.5, 0.6) is 0 Å². The van der Waals surface area contributed by atoms with Crippen molar-refractivity contribution >= 4 is 17.1 Å². The normalized spacial score (nSPS) is 31.7. The molecular weight excluding hydrogens is 268 g/mol.